The molecule has 116 valence electrons. The molecular formula is C16H18ClN3O2. The van der Waals surface area contributed by atoms with Crippen LogP contribution in [0.3, 0.4) is 0 Å². The minimum Gasteiger partial charge on any atom is -0.395 e. The molecular weight excluding hydrogens is 302 g/mol. The fourth-order valence-corrected chi connectivity index (χ4v) is 2.62. The van der Waals surface area contributed by atoms with Gasteiger partial charge in [-0.25, -0.2) is 4.79 Å². The van der Waals surface area contributed by atoms with Gasteiger partial charge in [0.25, 0.3) is 0 Å². The first-order valence-electron chi connectivity index (χ1n) is 7.30. The number of rotatable bonds is 5. The topological polar surface area (TPSA) is 57.5 Å². The molecule has 1 heterocycles. The normalized spacial score (nSPS) is 13.9. The standard InChI is InChI=1S/C16H18ClN3O2/c17-12-3-6-14(15(11-12)19-7-1-2-8-19)18-16(22)20(9-10-21)13-4-5-13/h1-3,6-8,11,13,21H,4-5,9-10H2,(H,18,22). The number of aliphatic hydroxyl groups excluding tert-OH is 1. The molecule has 22 heavy (non-hydrogen) atoms. The van der Waals surface area contributed by atoms with Crippen molar-refractivity contribution in [2.45, 2.75) is 18.9 Å². The number of carbonyl (C=O) groups is 1. The lowest BCUT2D eigenvalue weighted by atomic mass is 10.2. The van der Waals surface area contributed by atoms with E-state index in [1.165, 1.54) is 0 Å². The van der Waals surface area contributed by atoms with Gasteiger partial charge < -0.3 is 19.9 Å². The number of nitrogens with zero attached hydrogens (tertiary/aromatic N) is 2. The second-order valence-electron chi connectivity index (χ2n) is 5.33. The van der Waals surface area contributed by atoms with Gasteiger partial charge in [0.2, 0.25) is 0 Å². The van der Waals surface area contributed by atoms with Gasteiger partial charge in [-0.15, -0.1) is 0 Å². The largest absolute Gasteiger partial charge is 0.395 e. The Morgan fingerprint density at radius 2 is 2.09 bits per heavy atom. The predicted octanol–water partition coefficient (Wildman–Crippen LogP) is 3.12. The molecule has 1 aliphatic carbocycles. The number of anilines is 1. The molecule has 0 atom stereocenters. The lowest BCUT2D eigenvalue weighted by Crippen LogP contribution is -2.38. The van der Waals surface area contributed by atoms with Gasteiger partial charge in [-0.1, -0.05) is 11.6 Å². The summed E-state index contributed by atoms with van der Waals surface area (Å²) in [5.41, 5.74) is 1.50. The number of urea groups is 1. The molecule has 2 amide bonds. The first-order chi connectivity index (χ1) is 10.7. The van der Waals surface area contributed by atoms with Crippen molar-refractivity contribution < 1.29 is 9.90 Å². The molecule has 6 heteroatoms. The van der Waals surface area contributed by atoms with Crippen LogP contribution in [0.15, 0.2) is 42.7 Å². The molecule has 0 radical (unpaired) electrons. The van der Waals surface area contributed by atoms with Crippen molar-refractivity contribution in [2.75, 3.05) is 18.5 Å². The van der Waals surface area contributed by atoms with Gasteiger partial charge in [-0.2, -0.15) is 0 Å². The number of benzene rings is 1. The lowest BCUT2D eigenvalue weighted by molar-refractivity contribution is 0.185. The third-order valence-corrected chi connectivity index (χ3v) is 3.91. The smallest absolute Gasteiger partial charge is 0.322 e. The Balaban J connectivity index is 1.84. The van der Waals surface area contributed by atoms with E-state index in [2.05, 4.69) is 5.32 Å². The van der Waals surface area contributed by atoms with Crippen molar-refractivity contribution in [3.8, 4) is 5.69 Å². The molecule has 1 aliphatic rings. The monoisotopic (exact) mass is 319 g/mol. The summed E-state index contributed by atoms with van der Waals surface area (Å²) in [6, 6.07) is 9.23. The van der Waals surface area contributed by atoms with E-state index in [9.17, 15) is 4.79 Å². The highest BCUT2D eigenvalue weighted by atomic mass is 35.5. The quantitative estimate of drug-likeness (QED) is 0.889. The molecule has 0 aliphatic heterocycles. The molecule has 0 saturated heterocycles. The van der Waals surface area contributed by atoms with Crippen molar-refractivity contribution in [3.05, 3.63) is 47.7 Å². The summed E-state index contributed by atoms with van der Waals surface area (Å²) in [7, 11) is 0. The minimum absolute atomic E-state index is 0.0327. The third kappa shape index (κ3) is 3.26. The number of hydrogen-bond donors (Lipinski definition) is 2. The molecule has 0 spiro atoms. The Labute approximate surface area is 134 Å². The molecule has 1 aromatic heterocycles. The van der Waals surface area contributed by atoms with Crippen LogP contribution < -0.4 is 5.32 Å². The SMILES string of the molecule is O=C(Nc1ccc(Cl)cc1-n1cccc1)N(CCO)C1CC1. The van der Waals surface area contributed by atoms with E-state index in [-0.39, 0.29) is 18.7 Å². The zero-order valence-corrected chi connectivity index (χ0v) is 12.8. The molecule has 5 nitrogen and oxygen atoms in total. The van der Waals surface area contributed by atoms with E-state index in [4.69, 9.17) is 16.7 Å². The van der Waals surface area contributed by atoms with Crippen molar-refractivity contribution >= 4 is 23.3 Å². The summed E-state index contributed by atoms with van der Waals surface area (Å²) < 4.78 is 1.90. The third-order valence-electron chi connectivity index (χ3n) is 3.67. The summed E-state index contributed by atoms with van der Waals surface area (Å²) in [5, 5.41) is 12.7. The molecule has 0 unspecified atom stereocenters. The Morgan fingerprint density at radius 1 is 1.36 bits per heavy atom. The molecule has 3 rings (SSSR count). The number of nitrogens with one attached hydrogen (secondary N) is 1. The zero-order valence-electron chi connectivity index (χ0n) is 12.1. The van der Waals surface area contributed by atoms with Crippen LogP contribution in [0, 0.1) is 0 Å². The second kappa shape index (κ2) is 6.42. The predicted molar refractivity (Wildman–Crippen MR) is 86.6 cm³/mol. The Kier molecular flexibility index (Phi) is 4.36. The number of hydrogen-bond acceptors (Lipinski definition) is 2. The van der Waals surface area contributed by atoms with Gasteiger partial charge in [-0.05, 0) is 43.2 Å². The fraction of sp³-hybridized carbons (Fsp3) is 0.312. The first-order valence-corrected chi connectivity index (χ1v) is 7.68. The van der Waals surface area contributed by atoms with Crippen LogP contribution in [0.1, 0.15) is 12.8 Å². The Bertz CT molecular complexity index is 653. The van der Waals surface area contributed by atoms with E-state index < -0.39 is 0 Å². The average Bonchev–Trinajstić information content (AvgIpc) is 3.19. The Hall–Kier alpha value is -1.98. The molecule has 1 saturated carbocycles. The van der Waals surface area contributed by atoms with Crippen LogP contribution in [0.2, 0.25) is 5.02 Å². The second-order valence-corrected chi connectivity index (χ2v) is 5.77. The number of carbonyl (C=O) groups excluding carboxylic acids is 1. The molecule has 1 fully saturated rings. The summed E-state index contributed by atoms with van der Waals surface area (Å²) in [6.07, 6.45) is 5.79. The maximum Gasteiger partial charge on any atom is 0.322 e. The van der Waals surface area contributed by atoms with Gasteiger partial charge in [0.1, 0.15) is 0 Å². The Morgan fingerprint density at radius 3 is 2.73 bits per heavy atom. The first kappa shape index (κ1) is 14.9. The van der Waals surface area contributed by atoms with Gasteiger partial charge >= 0.3 is 6.03 Å². The van der Waals surface area contributed by atoms with E-state index >= 15 is 0 Å². The number of halogens is 1. The zero-order chi connectivity index (χ0) is 15.5. The van der Waals surface area contributed by atoms with Gasteiger partial charge in [0, 0.05) is 30.0 Å². The van der Waals surface area contributed by atoms with Crippen molar-refractivity contribution in [2.24, 2.45) is 0 Å². The number of amides is 2. The van der Waals surface area contributed by atoms with Crippen molar-refractivity contribution in [3.63, 3.8) is 0 Å². The van der Waals surface area contributed by atoms with Crippen LogP contribution in [-0.2, 0) is 0 Å². The number of aliphatic hydroxyl groups is 1. The summed E-state index contributed by atoms with van der Waals surface area (Å²) in [4.78, 5) is 14.1. The van der Waals surface area contributed by atoms with Gasteiger partial charge in [0.15, 0.2) is 0 Å². The van der Waals surface area contributed by atoms with E-state index in [1.54, 1.807) is 17.0 Å². The average molecular weight is 320 g/mol. The lowest BCUT2D eigenvalue weighted by Gasteiger charge is -2.23. The van der Waals surface area contributed by atoms with Gasteiger partial charge in [0.05, 0.1) is 18.0 Å². The molecule has 1 aromatic carbocycles. The van der Waals surface area contributed by atoms with Crippen molar-refractivity contribution in [1.29, 1.82) is 0 Å². The fourth-order valence-electron chi connectivity index (χ4n) is 2.45. The van der Waals surface area contributed by atoms with Crippen molar-refractivity contribution in [1.82, 2.24) is 9.47 Å². The molecule has 2 N–H and O–H groups in total. The van der Waals surface area contributed by atoms with Crippen LogP contribution in [0.5, 0.6) is 0 Å². The van der Waals surface area contributed by atoms with E-state index in [1.807, 2.05) is 35.2 Å². The highest BCUT2D eigenvalue weighted by Crippen LogP contribution is 2.29. The molecule has 2 aromatic rings. The highest BCUT2D eigenvalue weighted by molar-refractivity contribution is 6.30. The highest BCUT2D eigenvalue weighted by Gasteiger charge is 2.32. The summed E-state index contributed by atoms with van der Waals surface area (Å²) >= 11 is 6.07. The van der Waals surface area contributed by atoms with Crippen LogP contribution in [-0.4, -0.2) is 39.8 Å². The maximum atomic E-state index is 12.5. The summed E-state index contributed by atoms with van der Waals surface area (Å²) in [6.45, 7) is 0.317. The van der Waals surface area contributed by atoms with E-state index in [0.717, 1.165) is 18.5 Å². The molecule has 0 bridgehead atoms. The maximum absolute atomic E-state index is 12.5. The van der Waals surface area contributed by atoms with Gasteiger partial charge in [-0.3, -0.25) is 0 Å². The van der Waals surface area contributed by atoms with Crippen LogP contribution in [0.25, 0.3) is 5.69 Å². The van der Waals surface area contributed by atoms with Crippen LogP contribution in [0.4, 0.5) is 10.5 Å². The summed E-state index contributed by atoms with van der Waals surface area (Å²) in [5.74, 6) is 0. The number of aromatic nitrogens is 1. The minimum atomic E-state index is -0.188. The van der Waals surface area contributed by atoms with Crippen LogP contribution >= 0.6 is 11.6 Å². The van der Waals surface area contributed by atoms with E-state index in [0.29, 0.717) is 17.3 Å².